The molecule has 2 rings (SSSR count). The van der Waals surface area contributed by atoms with Crippen LogP contribution in [0.2, 0.25) is 0 Å². The molecule has 10 heteroatoms. The number of amides is 1. The minimum atomic E-state index is -4.47. The number of piperidine rings is 1. The molecule has 0 saturated carbocycles. The molecule has 1 heterocycles. The van der Waals surface area contributed by atoms with Crippen molar-refractivity contribution < 1.29 is 31.1 Å². The number of ether oxygens (including phenoxy) is 1. The van der Waals surface area contributed by atoms with Gasteiger partial charge in [0.15, 0.2) is 0 Å². The Labute approximate surface area is 144 Å². The Morgan fingerprint density at radius 1 is 1.20 bits per heavy atom. The monoisotopic (exact) mass is 380 g/mol. The van der Waals surface area contributed by atoms with E-state index in [4.69, 9.17) is 0 Å². The van der Waals surface area contributed by atoms with Gasteiger partial charge in [-0.25, -0.2) is 13.1 Å². The van der Waals surface area contributed by atoms with Crippen LogP contribution in [0.1, 0.15) is 12.8 Å². The fourth-order valence-corrected chi connectivity index (χ4v) is 3.81. The molecule has 0 atom stereocenters. The largest absolute Gasteiger partial charge is 0.411 e. The number of halogens is 3. The SMILES string of the molecule is O=C(COCC(F)(F)F)N1CCC(NS(=O)(=O)c2ccccc2)CC1. The number of likely N-dealkylation sites (tertiary alicyclic amines) is 1. The second kappa shape index (κ2) is 8.15. The van der Waals surface area contributed by atoms with Crippen LogP contribution < -0.4 is 4.72 Å². The van der Waals surface area contributed by atoms with Gasteiger partial charge in [0.25, 0.3) is 0 Å². The number of carbonyl (C=O) groups is 1. The molecule has 0 unspecified atom stereocenters. The highest BCUT2D eigenvalue weighted by molar-refractivity contribution is 7.89. The molecular weight excluding hydrogens is 361 g/mol. The normalized spacial score (nSPS) is 16.8. The highest BCUT2D eigenvalue weighted by atomic mass is 32.2. The topological polar surface area (TPSA) is 75.7 Å². The lowest BCUT2D eigenvalue weighted by molar-refractivity contribution is -0.178. The van der Waals surface area contributed by atoms with Crippen LogP contribution in [0.5, 0.6) is 0 Å². The third-order valence-corrected chi connectivity index (χ3v) is 5.25. The first kappa shape index (κ1) is 19.7. The Balaban J connectivity index is 1.79. The number of sulfonamides is 1. The lowest BCUT2D eigenvalue weighted by Gasteiger charge is -2.32. The third-order valence-electron chi connectivity index (χ3n) is 3.71. The van der Waals surface area contributed by atoms with Crippen molar-refractivity contribution in [1.29, 1.82) is 0 Å². The summed E-state index contributed by atoms with van der Waals surface area (Å²) in [6.45, 7) is -1.58. The number of carbonyl (C=O) groups excluding carboxylic acids is 1. The van der Waals surface area contributed by atoms with E-state index >= 15 is 0 Å². The van der Waals surface area contributed by atoms with Gasteiger partial charge in [0.05, 0.1) is 4.90 Å². The van der Waals surface area contributed by atoms with E-state index < -0.39 is 35.3 Å². The Hall–Kier alpha value is -1.65. The smallest absolute Gasteiger partial charge is 0.362 e. The number of rotatable bonds is 6. The van der Waals surface area contributed by atoms with Gasteiger partial charge in [0.2, 0.25) is 15.9 Å². The molecule has 1 fully saturated rings. The minimum absolute atomic E-state index is 0.161. The number of hydrogen-bond acceptors (Lipinski definition) is 4. The molecule has 1 aromatic rings. The summed E-state index contributed by atoms with van der Waals surface area (Å²) in [4.78, 5) is 13.3. The zero-order chi connectivity index (χ0) is 18.5. The second-order valence-electron chi connectivity index (χ2n) is 5.70. The van der Waals surface area contributed by atoms with Gasteiger partial charge < -0.3 is 9.64 Å². The molecule has 1 aliphatic heterocycles. The van der Waals surface area contributed by atoms with Gasteiger partial charge in [-0.2, -0.15) is 13.2 Å². The van der Waals surface area contributed by atoms with Crippen LogP contribution in [0.4, 0.5) is 13.2 Å². The van der Waals surface area contributed by atoms with E-state index in [2.05, 4.69) is 9.46 Å². The van der Waals surface area contributed by atoms with Gasteiger partial charge in [-0.1, -0.05) is 18.2 Å². The van der Waals surface area contributed by atoms with Crippen molar-refractivity contribution in [1.82, 2.24) is 9.62 Å². The van der Waals surface area contributed by atoms with E-state index in [1.54, 1.807) is 18.2 Å². The van der Waals surface area contributed by atoms with Crippen LogP contribution in [0.15, 0.2) is 35.2 Å². The first-order chi connectivity index (χ1) is 11.7. The van der Waals surface area contributed by atoms with Gasteiger partial charge in [-0.3, -0.25) is 4.79 Å². The molecule has 1 aromatic carbocycles. The van der Waals surface area contributed by atoms with Crippen LogP contribution in [0, 0.1) is 0 Å². The van der Waals surface area contributed by atoms with E-state index in [-0.39, 0.29) is 24.0 Å². The van der Waals surface area contributed by atoms with Crippen molar-refractivity contribution >= 4 is 15.9 Å². The molecule has 0 aliphatic carbocycles. The Morgan fingerprint density at radius 3 is 2.36 bits per heavy atom. The third kappa shape index (κ3) is 6.29. The highest BCUT2D eigenvalue weighted by Crippen LogP contribution is 2.16. The maximum Gasteiger partial charge on any atom is 0.411 e. The molecule has 0 radical (unpaired) electrons. The number of nitrogens with one attached hydrogen (secondary N) is 1. The molecule has 1 saturated heterocycles. The van der Waals surface area contributed by atoms with Gasteiger partial charge >= 0.3 is 6.18 Å². The molecule has 0 bridgehead atoms. The molecule has 140 valence electrons. The summed E-state index contributed by atoms with van der Waals surface area (Å²) in [6, 6.07) is 7.60. The summed E-state index contributed by atoms with van der Waals surface area (Å²) >= 11 is 0. The van der Waals surface area contributed by atoms with E-state index in [9.17, 15) is 26.4 Å². The lowest BCUT2D eigenvalue weighted by atomic mass is 10.1. The van der Waals surface area contributed by atoms with Crippen LogP contribution in [-0.4, -0.2) is 57.7 Å². The quantitative estimate of drug-likeness (QED) is 0.812. The summed E-state index contributed by atoms with van der Waals surface area (Å²) in [5.74, 6) is -0.534. The molecule has 0 aromatic heterocycles. The minimum Gasteiger partial charge on any atom is -0.362 e. The van der Waals surface area contributed by atoms with Crippen molar-refractivity contribution in [2.75, 3.05) is 26.3 Å². The predicted molar refractivity (Wildman–Crippen MR) is 83.2 cm³/mol. The average molecular weight is 380 g/mol. The average Bonchev–Trinajstić information content (AvgIpc) is 2.55. The van der Waals surface area contributed by atoms with Crippen molar-refractivity contribution in [2.24, 2.45) is 0 Å². The summed E-state index contributed by atoms with van der Waals surface area (Å²) in [5, 5.41) is 0. The van der Waals surface area contributed by atoms with E-state index in [1.165, 1.54) is 17.0 Å². The van der Waals surface area contributed by atoms with Crippen molar-refractivity contribution in [3.63, 3.8) is 0 Å². The van der Waals surface area contributed by atoms with Crippen molar-refractivity contribution in [2.45, 2.75) is 30.0 Å². The second-order valence-corrected chi connectivity index (χ2v) is 7.41. The number of hydrogen-bond donors (Lipinski definition) is 1. The Morgan fingerprint density at radius 2 is 1.80 bits per heavy atom. The molecule has 0 spiro atoms. The maximum absolute atomic E-state index is 12.2. The van der Waals surface area contributed by atoms with Gasteiger partial charge in [0.1, 0.15) is 13.2 Å². The zero-order valence-electron chi connectivity index (χ0n) is 13.3. The first-order valence-electron chi connectivity index (χ1n) is 7.67. The summed E-state index contributed by atoms with van der Waals surface area (Å²) in [6.07, 6.45) is -3.70. The maximum atomic E-state index is 12.2. The highest BCUT2D eigenvalue weighted by Gasteiger charge is 2.30. The standard InChI is InChI=1S/C15H19F3N2O4S/c16-15(17,18)11-24-10-14(21)20-8-6-12(7-9-20)19-25(22,23)13-4-2-1-3-5-13/h1-5,12,19H,6-11H2. The van der Waals surface area contributed by atoms with Crippen LogP contribution in [0.25, 0.3) is 0 Å². The molecular formula is C15H19F3N2O4S. The lowest BCUT2D eigenvalue weighted by Crippen LogP contribution is -2.47. The number of alkyl halides is 3. The fourth-order valence-electron chi connectivity index (χ4n) is 2.48. The summed E-state index contributed by atoms with van der Waals surface area (Å²) < 4.78 is 67.4. The summed E-state index contributed by atoms with van der Waals surface area (Å²) in [5.41, 5.74) is 0. The van der Waals surface area contributed by atoms with Crippen molar-refractivity contribution in [3.8, 4) is 0 Å². The molecule has 1 aliphatic rings. The predicted octanol–water partition coefficient (Wildman–Crippen LogP) is 1.53. The molecule has 1 N–H and O–H groups in total. The van der Waals surface area contributed by atoms with Crippen molar-refractivity contribution in [3.05, 3.63) is 30.3 Å². The fraction of sp³-hybridized carbons (Fsp3) is 0.533. The zero-order valence-corrected chi connectivity index (χ0v) is 14.1. The molecule has 1 amide bonds. The first-order valence-corrected chi connectivity index (χ1v) is 9.15. The Kier molecular flexibility index (Phi) is 6.42. The van der Waals surface area contributed by atoms with Gasteiger partial charge in [0, 0.05) is 19.1 Å². The van der Waals surface area contributed by atoms with E-state index in [0.717, 1.165) is 0 Å². The van der Waals surface area contributed by atoms with Gasteiger partial charge in [-0.15, -0.1) is 0 Å². The number of nitrogens with zero attached hydrogens (tertiary/aromatic N) is 1. The van der Waals surface area contributed by atoms with Crippen LogP contribution in [0.3, 0.4) is 0 Å². The van der Waals surface area contributed by atoms with Crippen LogP contribution >= 0.6 is 0 Å². The summed E-state index contributed by atoms with van der Waals surface area (Å²) in [7, 11) is -3.63. The molecule has 25 heavy (non-hydrogen) atoms. The number of benzene rings is 1. The molecule has 6 nitrogen and oxygen atoms in total. The van der Waals surface area contributed by atoms with Gasteiger partial charge in [-0.05, 0) is 25.0 Å². The Bertz CT molecular complexity index is 672. The van der Waals surface area contributed by atoms with Crippen LogP contribution in [-0.2, 0) is 19.6 Å². The van der Waals surface area contributed by atoms with E-state index in [0.29, 0.717) is 12.8 Å². The van der Waals surface area contributed by atoms with E-state index in [1.807, 2.05) is 0 Å².